The van der Waals surface area contributed by atoms with Crippen molar-refractivity contribution in [3.8, 4) is 11.1 Å². The van der Waals surface area contributed by atoms with Gasteiger partial charge in [0.05, 0.1) is 11.9 Å². The third-order valence-electron chi connectivity index (χ3n) is 5.25. The van der Waals surface area contributed by atoms with Gasteiger partial charge in [0.1, 0.15) is 21.5 Å². The molecule has 0 amide bonds. The summed E-state index contributed by atoms with van der Waals surface area (Å²) in [6, 6.07) is 10.5. The van der Waals surface area contributed by atoms with E-state index in [0.717, 1.165) is 45.0 Å². The van der Waals surface area contributed by atoms with Crippen molar-refractivity contribution in [3.05, 3.63) is 47.4 Å². The summed E-state index contributed by atoms with van der Waals surface area (Å²) in [5.74, 6) is 1.94. The largest absolute Gasteiger partial charge is 0.306 e. The monoisotopic (exact) mass is 436 g/mol. The van der Waals surface area contributed by atoms with Crippen LogP contribution in [0.2, 0.25) is 0 Å². The van der Waals surface area contributed by atoms with E-state index >= 15 is 0 Å². The van der Waals surface area contributed by atoms with Crippen LogP contribution >= 0.6 is 23.1 Å². The van der Waals surface area contributed by atoms with E-state index in [1.807, 2.05) is 20.2 Å². The fourth-order valence-corrected chi connectivity index (χ4v) is 5.88. The molecule has 0 atom stereocenters. The molecule has 4 heterocycles. The van der Waals surface area contributed by atoms with E-state index in [2.05, 4.69) is 49.3 Å². The van der Waals surface area contributed by atoms with Gasteiger partial charge in [-0.05, 0) is 44.3 Å². The van der Waals surface area contributed by atoms with Crippen molar-refractivity contribution < 1.29 is 0 Å². The van der Waals surface area contributed by atoms with E-state index in [1.165, 1.54) is 30.4 Å². The van der Waals surface area contributed by atoms with Gasteiger partial charge in [-0.15, -0.1) is 21.5 Å². The zero-order valence-corrected chi connectivity index (χ0v) is 18.8. The second-order valence-electron chi connectivity index (χ2n) is 7.84. The SMILES string of the molecule is CN(C)Cc1nc(Sc2nnc3n2CCCCC3)c2c(-c3ccccc3)csc2n1. The van der Waals surface area contributed by atoms with Crippen molar-refractivity contribution in [1.82, 2.24) is 29.6 Å². The Morgan fingerprint density at radius 2 is 1.93 bits per heavy atom. The van der Waals surface area contributed by atoms with Crippen LogP contribution in [-0.4, -0.2) is 43.7 Å². The van der Waals surface area contributed by atoms with Crippen LogP contribution in [0.4, 0.5) is 0 Å². The van der Waals surface area contributed by atoms with Crippen LogP contribution in [0.5, 0.6) is 0 Å². The number of aryl methyl sites for hydroxylation is 1. The minimum absolute atomic E-state index is 0.708. The van der Waals surface area contributed by atoms with Crippen molar-refractivity contribution in [3.63, 3.8) is 0 Å². The van der Waals surface area contributed by atoms with E-state index in [1.54, 1.807) is 23.1 Å². The van der Waals surface area contributed by atoms with E-state index in [0.29, 0.717) is 6.54 Å². The summed E-state index contributed by atoms with van der Waals surface area (Å²) in [6.07, 6.45) is 4.63. The van der Waals surface area contributed by atoms with Crippen LogP contribution < -0.4 is 0 Å². The van der Waals surface area contributed by atoms with Crippen LogP contribution in [0, 0.1) is 0 Å². The van der Waals surface area contributed by atoms with Gasteiger partial charge in [0.2, 0.25) is 0 Å². The maximum absolute atomic E-state index is 4.98. The van der Waals surface area contributed by atoms with Crippen molar-refractivity contribution in [2.75, 3.05) is 14.1 Å². The summed E-state index contributed by atoms with van der Waals surface area (Å²) in [4.78, 5) is 13.0. The van der Waals surface area contributed by atoms with Gasteiger partial charge in [0.25, 0.3) is 0 Å². The standard InChI is InChI=1S/C22H24N6S2/c1-27(2)13-17-23-20-19(16(14-29-20)15-9-5-3-6-10-15)21(24-17)30-22-26-25-18-11-7-4-8-12-28(18)22/h3,5-6,9-10,14H,4,7-8,11-13H2,1-2H3. The normalized spacial score (nSPS) is 14.2. The molecule has 1 aromatic carbocycles. The van der Waals surface area contributed by atoms with Gasteiger partial charge in [-0.3, -0.25) is 0 Å². The molecule has 1 aliphatic rings. The Bertz CT molecular complexity index is 1170. The van der Waals surface area contributed by atoms with Crippen LogP contribution in [0.15, 0.2) is 45.9 Å². The molecule has 5 rings (SSSR count). The van der Waals surface area contributed by atoms with Crippen molar-refractivity contribution >= 4 is 33.3 Å². The molecule has 0 saturated heterocycles. The molecule has 0 spiro atoms. The predicted molar refractivity (Wildman–Crippen MR) is 122 cm³/mol. The van der Waals surface area contributed by atoms with Gasteiger partial charge in [-0.2, -0.15) is 0 Å². The molecule has 0 bridgehead atoms. The van der Waals surface area contributed by atoms with Gasteiger partial charge in [-0.25, -0.2) is 9.97 Å². The Kier molecular flexibility index (Phi) is 5.54. The van der Waals surface area contributed by atoms with Crippen LogP contribution in [0.1, 0.15) is 30.9 Å². The first-order valence-electron chi connectivity index (χ1n) is 10.3. The van der Waals surface area contributed by atoms with Crippen LogP contribution in [0.3, 0.4) is 0 Å². The molecular formula is C22H24N6S2. The highest BCUT2D eigenvalue weighted by molar-refractivity contribution is 7.99. The zero-order chi connectivity index (χ0) is 20.5. The topological polar surface area (TPSA) is 59.7 Å². The van der Waals surface area contributed by atoms with Gasteiger partial charge >= 0.3 is 0 Å². The third-order valence-corrected chi connectivity index (χ3v) is 7.10. The molecule has 0 aliphatic carbocycles. The molecule has 0 fully saturated rings. The molecule has 154 valence electrons. The van der Waals surface area contributed by atoms with Gasteiger partial charge < -0.3 is 9.47 Å². The summed E-state index contributed by atoms with van der Waals surface area (Å²) in [5.41, 5.74) is 2.37. The number of thiophene rings is 1. The summed E-state index contributed by atoms with van der Waals surface area (Å²) in [6.45, 7) is 1.69. The highest BCUT2D eigenvalue weighted by atomic mass is 32.2. The highest BCUT2D eigenvalue weighted by Gasteiger charge is 2.21. The first-order chi connectivity index (χ1) is 14.7. The number of fused-ring (bicyclic) bond motifs is 2. The number of hydrogen-bond acceptors (Lipinski definition) is 7. The maximum atomic E-state index is 4.98. The lowest BCUT2D eigenvalue weighted by molar-refractivity contribution is 0.390. The summed E-state index contributed by atoms with van der Waals surface area (Å²) < 4.78 is 2.28. The molecule has 30 heavy (non-hydrogen) atoms. The molecule has 0 unspecified atom stereocenters. The summed E-state index contributed by atoms with van der Waals surface area (Å²) in [7, 11) is 4.09. The minimum atomic E-state index is 0.708. The minimum Gasteiger partial charge on any atom is -0.306 e. The number of hydrogen-bond donors (Lipinski definition) is 0. The second kappa shape index (κ2) is 8.45. The fourth-order valence-electron chi connectivity index (χ4n) is 3.83. The lowest BCUT2D eigenvalue weighted by Crippen LogP contribution is -2.13. The number of aromatic nitrogens is 5. The van der Waals surface area contributed by atoms with E-state index in [4.69, 9.17) is 9.97 Å². The smallest absolute Gasteiger partial charge is 0.197 e. The van der Waals surface area contributed by atoms with Crippen LogP contribution in [-0.2, 0) is 19.5 Å². The number of rotatable bonds is 5. The van der Waals surface area contributed by atoms with E-state index in [-0.39, 0.29) is 0 Å². The second-order valence-corrected chi connectivity index (χ2v) is 9.66. The highest BCUT2D eigenvalue weighted by Crippen LogP contribution is 2.40. The predicted octanol–water partition coefficient (Wildman–Crippen LogP) is 4.89. The molecule has 0 N–H and O–H groups in total. The molecule has 0 radical (unpaired) electrons. The quantitative estimate of drug-likeness (QED) is 0.415. The molecule has 6 nitrogen and oxygen atoms in total. The molecule has 3 aromatic heterocycles. The summed E-state index contributed by atoms with van der Waals surface area (Å²) in [5, 5.41) is 14.2. The average molecular weight is 437 g/mol. The Morgan fingerprint density at radius 3 is 2.77 bits per heavy atom. The summed E-state index contributed by atoms with van der Waals surface area (Å²) >= 11 is 3.31. The van der Waals surface area contributed by atoms with Crippen molar-refractivity contribution in [2.24, 2.45) is 0 Å². The lowest BCUT2D eigenvalue weighted by Gasteiger charge is -2.12. The van der Waals surface area contributed by atoms with E-state index in [9.17, 15) is 0 Å². The average Bonchev–Trinajstić information content (AvgIpc) is 3.25. The molecular weight excluding hydrogens is 412 g/mol. The molecule has 0 saturated carbocycles. The Morgan fingerprint density at radius 1 is 1.07 bits per heavy atom. The lowest BCUT2D eigenvalue weighted by atomic mass is 10.1. The first-order valence-corrected chi connectivity index (χ1v) is 12.0. The van der Waals surface area contributed by atoms with Gasteiger partial charge in [0, 0.05) is 23.9 Å². The fraction of sp³-hybridized carbons (Fsp3) is 0.364. The molecule has 4 aromatic rings. The van der Waals surface area contributed by atoms with Crippen molar-refractivity contribution in [2.45, 2.75) is 49.0 Å². The third kappa shape index (κ3) is 3.87. The van der Waals surface area contributed by atoms with E-state index < -0.39 is 0 Å². The Labute approximate surface area is 184 Å². The van der Waals surface area contributed by atoms with Gasteiger partial charge in [0.15, 0.2) is 5.16 Å². The first kappa shape index (κ1) is 19.7. The zero-order valence-electron chi connectivity index (χ0n) is 17.2. The Balaban J connectivity index is 1.63. The van der Waals surface area contributed by atoms with Crippen LogP contribution in [0.25, 0.3) is 21.3 Å². The maximum Gasteiger partial charge on any atom is 0.197 e. The number of benzene rings is 1. The molecule has 8 heteroatoms. The van der Waals surface area contributed by atoms with Crippen molar-refractivity contribution in [1.29, 1.82) is 0 Å². The molecule has 1 aliphatic heterocycles. The number of nitrogens with zero attached hydrogens (tertiary/aromatic N) is 6. The Hall–Kier alpha value is -2.29. The van der Waals surface area contributed by atoms with Gasteiger partial charge in [-0.1, -0.05) is 36.8 Å².